The van der Waals surface area contributed by atoms with Crippen molar-refractivity contribution in [2.24, 2.45) is 0 Å². The molecule has 2 aromatic carbocycles. The normalized spacial score (nSPS) is 16.0. The third-order valence-corrected chi connectivity index (χ3v) is 6.04. The largest absolute Gasteiger partial charge is 0.484 e. The number of benzene rings is 2. The number of nitrogens with one attached hydrogen (secondary N) is 1. The zero-order valence-corrected chi connectivity index (χ0v) is 18.6. The average molecular weight is 450 g/mol. The lowest BCUT2D eigenvalue weighted by molar-refractivity contribution is -0.134. The third-order valence-electron chi connectivity index (χ3n) is 6.04. The Kier molecular flexibility index (Phi) is 6.72. The number of aryl methyl sites for hydroxylation is 1. The van der Waals surface area contributed by atoms with Gasteiger partial charge in [0.05, 0.1) is 11.1 Å². The van der Waals surface area contributed by atoms with Crippen LogP contribution in [0.15, 0.2) is 48.5 Å². The molecule has 0 radical (unpaired) electrons. The molecule has 8 nitrogen and oxygen atoms in total. The van der Waals surface area contributed by atoms with Gasteiger partial charge in [0.1, 0.15) is 5.75 Å². The van der Waals surface area contributed by atoms with Crippen LogP contribution < -0.4 is 10.1 Å². The molecule has 2 aliphatic rings. The number of amides is 4. The zero-order valence-electron chi connectivity index (χ0n) is 18.6. The minimum Gasteiger partial charge on any atom is -0.484 e. The first-order chi connectivity index (χ1) is 15.9. The summed E-state index contributed by atoms with van der Waals surface area (Å²) in [5, 5.41) is 2.96. The molecule has 1 saturated heterocycles. The number of carbonyl (C=O) groups is 4. The Balaban J connectivity index is 1.17. The fourth-order valence-electron chi connectivity index (χ4n) is 4.10. The number of likely N-dealkylation sites (tertiary alicyclic amines) is 1. The van der Waals surface area contributed by atoms with Gasteiger partial charge in [0.2, 0.25) is 5.91 Å². The van der Waals surface area contributed by atoms with Gasteiger partial charge in [-0.15, -0.1) is 0 Å². The second-order valence-corrected chi connectivity index (χ2v) is 8.38. The maximum absolute atomic E-state index is 12.4. The predicted octanol–water partition coefficient (Wildman–Crippen LogP) is 2.17. The maximum Gasteiger partial charge on any atom is 0.261 e. The lowest BCUT2D eigenvalue weighted by Gasteiger charge is -2.32. The molecule has 1 fully saturated rings. The predicted molar refractivity (Wildman–Crippen MR) is 121 cm³/mol. The fourth-order valence-corrected chi connectivity index (χ4v) is 4.10. The van der Waals surface area contributed by atoms with Crippen LogP contribution in [0.4, 0.5) is 0 Å². The Morgan fingerprint density at radius 2 is 1.58 bits per heavy atom. The highest BCUT2D eigenvalue weighted by Gasteiger charge is 2.35. The second kappa shape index (κ2) is 9.85. The number of ether oxygens (including phenoxy) is 1. The monoisotopic (exact) mass is 449 g/mol. The van der Waals surface area contributed by atoms with Crippen LogP contribution in [0.1, 0.15) is 45.5 Å². The van der Waals surface area contributed by atoms with Crippen LogP contribution in [0.2, 0.25) is 0 Å². The first-order valence-corrected chi connectivity index (χ1v) is 11.1. The van der Waals surface area contributed by atoms with Gasteiger partial charge in [0.25, 0.3) is 17.7 Å². The van der Waals surface area contributed by atoms with Gasteiger partial charge < -0.3 is 15.0 Å². The van der Waals surface area contributed by atoms with Crippen molar-refractivity contribution >= 4 is 23.6 Å². The molecule has 33 heavy (non-hydrogen) atoms. The molecule has 2 aliphatic heterocycles. The van der Waals surface area contributed by atoms with E-state index in [1.54, 1.807) is 29.2 Å². The number of fused-ring (bicyclic) bond motifs is 1. The van der Waals surface area contributed by atoms with Gasteiger partial charge in [-0.05, 0) is 44.0 Å². The summed E-state index contributed by atoms with van der Waals surface area (Å²) < 4.78 is 5.57. The van der Waals surface area contributed by atoms with Crippen molar-refractivity contribution in [3.63, 3.8) is 0 Å². The number of nitrogens with zero attached hydrogens (tertiary/aromatic N) is 2. The second-order valence-electron chi connectivity index (χ2n) is 8.38. The molecule has 172 valence electrons. The molecule has 2 heterocycles. The van der Waals surface area contributed by atoms with Gasteiger partial charge in [-0.25, -0.2) is 0 Å². The lowest BCUT2D eigenvalue weighted by Crippen LogP contribution is -2.48. The average Bonchev–Trinajstić information content (AvgIpc) is 3.07. The van der Waals surface area contributed by atoms with Crippen molar-refractivity contribution in [2.45, 2.75) is 32.2 Å². The Morgan fingerprint density at radius 1 is 0.970 bits per heavy atom. The number of piperidine rings is 1. The standard InChI is InChI=1S/C25H27N3O5/c1-17-6-8-19(9-7-17)33-16-23(30)27-13-10-18(11-14-27)26-22(29)12-15-28-24(31)20-4-2-3-5-21(20)25(28)32/h2-9,18H,10-16H2,1H3,(H,26,29). The highest BCUT2D eigenvalue weighted by atomic mass is 16.5. The van der Waals surface area contributed by atoms with E-state index in [4.69, 9.17) is 4.74 Å². The van der Waals surface area contributed by atoms with Gasteiger partial charge in [0, 0.05) is 32.1 Å². The first-order valence-electron chi connectivity index (χ1n) is 11.1. The van der Waals surface area contributed by atoms with Crippen molar-refractivity contribution in [3.8, 4) is 5.75 Å². The fraction of sp³-hybridized carbons (Fsp3) is 0.360. The summed E-state index contributed by atoms with van der Waals surface area (Å²) in [6.07, 6.45) is 1.35. The van der Waals surface area contributed by atoms with E-state index in [1.807, 2.05) is 31.2 Å². The van der Waals surface area contributed by atoms with Gasteiger partial charge in [-0.2, -0.15) is 0 Å². The summed E-state index contributed by atoms with van der Waals surface area (Å²) >= 11 is 0. The highest BCUT2D eigenvalue weighted by Crippen LogP contribution is 2.22. The van der Waals surface area contributed by atoms with Gasteiger partial charge in [-0.3, -0.25) is 24.1 Å². The molecular weight excluding hydrogens is 422 g/mol. The molecule has 0 aromatic heterocycles. The maximum atomic E-state index is 12.4. The van der Waals surface area contributed by atoms with Gasteiger partial charge in [0.15, 0.2) is 6.61 Å². The van der Waals surface area contributed by atoms with E-state index in [0.717, 1.165) is 10.5 Å². The van der Waals surface area contributed by atoms with Crippen LogP contribution in [0, 0.1) is 6.92 Å². The number of carbonyl (C=O) groups excluding carboxylic acids is 4. The van der Waals surface area contributed by atoms with E-state index in [2.05, 4.69) is 5.32 Å². The Hall–Kier alpha value is -3.68. The Morgan fingerprint density at radius 3 is 2.18 bits per heavy atom. The first kappa shape index (κ1) is 22.5. The van der Waals surface area contributed by atoms with E-state index in [9.17, 15) is 19.2 Å². The molecular formula is C25H27N3O5. The summed E-state index contributed by atoms with van der Waals surface area (Å²) in [5.74, 6) is -0.342. The summed E-state index contributed by atoms with van der Waals surface area (Å²) in [6, 6.07) is 14.2. The summed E-state index contributed by atoms with van der Waals surface area (Å²) in [6.45, 7) is 3.10. The SMILES string of the molecule is Cc1ccc(OCC(=O)N2CCC(NC(=O)CCN3C(=O)c4ccccc4C3=O)CC2)cc1. The molecule has 4 amide bonds. The van der Waals surface area contributed by atoms with E-state index >= 15 is 0 Å². The molecule has 0 spiro atoms. The Labute approximate surface area is 192 Å². The van der Waals surface area contributed by atoms with Crippen LogP contribution in [0.25, 0.3) is 0 Å². The summed E-state index contributed by atoms with van der Waals surface area (Å²) in [4.78, 5) is 52.5. The minimum absolute atomic E-state index is 0.0135. The van der Waals surface area contributed by atoms with E-state index in [1.165, 1.54) is 0 Å². The molecule has 1 N–H and O–H groups in total. The third kappa shape index (κ3) is 5.22. The highest BCUT2D eigenvalue weighted by molar-refractivity contribution is 6.21. The lowest BCUT2D eigenvalue weighted by atomic mass is 10.0. The van der Waals surface area contributed by atoms with E-state index < -0.39 is 0 Å². The van der Waals surface area contributed by atoms with Crippen LogP contribution in [-0.2, 0) is 9.59 Å². The number of hydrogen-bond donors (Lipinski definition) is 1. The zero-order chi connectivity index (χ0) is 23.4. The number of rotatable bonds is 7. The molecule has 0 aliphatic carbocycles. The molecule has 4 rings (SSSR count). The van der Waals surface area contributed by atoms with E-state index in [-0.39, 0.29) is 49.2 Å². The molecule has 2 aromatic rings. The van der Waals surface area contributed by atoms with Crippen molar-refractivity contribution in [2.75, 3.05) is 26.2 Å². The number of hydrogen-bond acceptors (Lipinski definition) is 5. The van der Waals surface area contributed by atoms with E-state index in [0.29, 0.717) is 42.8 Å². The molecule has 0 atom stereocenters. The quantitative estimate of drug-likeness (QED) is 0.654. The topological polar surface area (TPSA) is 96.0 Å². The molecule has 0 bridgehead atoms. The molecule has 8 heteroatoms. The van der Waals surface area contributed by atoms with Crippen molar-refractivity contribution in [1.29, 1.82) is 0 Å². The summed E-state index contributed by atoms with van der Waals surface area (Å²) in [5.41, 5.74) is 1.89. The van der Waals surface area contributed by atoms with Crippen molar-refractivity contribution in [3.05, 3.63) is 65.2 Å². The van der Waals surface area contributed by atoms with Crippen LogP contribution >= 0.6 is 0 Å². The Bertz CT molecular complexity index is 1020. The van der Waals surface area contributed by atoms with Crippen LogP contribution in [-0.4, -0.2) is 65.7 Å². The van der Waals surface area contributed by atoms with Crippen molar-refractivity contribution < 1.29 is 23.9 Å². The number of imide groups is 1. The van der Waals surface area contributed by atoms with Crippen molar-refractivity contribution in [1.82, 2.24) is 15.1 Å². The molecule has 0 saturated carbocycles. The molecule has 0 unspecified atom stereocenters. The van der Waals surface area contributed by atoms with Gasteiger partial charge in [-0.1, -0.05) is 29.8 Å². The van der Waals surface area contributed by atoms with Gasteiger partial charge >= 0.3 is 0 Å². The van der Waals surface area contributed by atoms with Crippen LogP contribution in [0.5, 0.6) is 5.75 Å². The smallest absolute Gasteiger partial charge is 0.261 e. The summed E-state index contributed by atoms with van der Waals surface area (Å²) in [7, 11) is 0. The minimum atomic E-state index is -0.358. The van der Waals surface area contributed by atoms with Crippen LogP contribution in [0.3, 0.4) is 0 Å².